The Morgan fingerprint density at radius 3 is 3.14 bits per heavy atom. The van der Waals surface area contributed by atoms with Gasteiger partial charge < -0.3 is 15.2 Å². The Balaban J connectivity index is 2.24. The van der Waals surface area contributed by atoms with E-state index in [0.29, 0.717) is 12.4 Å². The Morgan fingerprint density at radius 1 is 1.93 bits per heavy atom. The zero-order valence-corrected chi connectivity index (χ0v) is 8.97. The van der Waals surface area contributed by atoms with Crippen molar-refractivity contribution in [2.45, 2.75) is 18.6 Å². The number of thioether (sulfide) groups is 1. The maximum atomic E-state index is 10.8. The fourth-order valence-electron chi connectivity index (χ4n) is 1.09. The van der Waals surface area contributed by atoms with Crippen molar-refractivity contribution < 1.29 is 14.6 Å². The van der Waals surface area contributed by atoms with Crippen LogP contribution >= 0.6 is 11.8 Å². The molecule has 1 heterocycles. The van der Waals surface area contributed by atoms with E-state index in [4.69, 9.17) is 4.74 Å². The lowest BCUT2D eigenvalue weighted by Gasteiger charge is -2.20. The van der Waals surface area contributed by atoms with Crippen LogP contribution < -0.4 is 5.32 Å². The van der Waals surface area contributed by atoms with Gasteiger partial charge in [-0.3, -0.25) is 0 Å². The largest absolute Gasteiger partial charge is 0.447 e. The monoisotopic (exact) mass is 217 g/mol. The second-order valence-corrected chi connectivity index (χ2v) is 4.61. The van der Waals surface area contributed by atoms with Gasteiger partial charge in [-0.1, -0.05) is 6.08 Å². The number of ether oxygens (including phenoxy) is 1. The Morgan fingerprint density at radius 2 is 2.64 bits per heavy atom. The van der Waals surface area contributed by atoms with E-state index < -0.39 is 6.10 Å². The first-order chi connectivity index (χ1) is 6.56. The van der Waals surface area contributed by atoms with Crippen LogP contribution in [0.25, 0.3) is 0 Å². The van der Waals surface area contributed by atoms with Gasteiger partial charge >= 0.3 is 6.09 Å². The van der Waals surface area contributed by atoms with Crippen LogP contribution in [0.3, 0.4) is 0 Å². The molecule has 0 aromatic heterocycles. The molecule has 1 fully saturated rings. The zero-order chi connectivity index (χ0) is 10.6. The van der Waals surface area contributed by atoms with Gasteiger partial charge in [0.2, 0.25) is 0 Å². The highest BCUT2D eigenvalue weighted by Crippen LogP contribution is 2.18. The van der Waals surface area contributed by atoms with Crippen molar-refractivity contribution in [3.63, 3.8) is 0 Å². The van der Waals surface area contributed by atoms with Crippen molar-refractivity contribution in [1.82, 2.24) is 5.32 Å². The molecule has 0 saturated carbocycles. The number of amides is 1. The number of carbonyl (C=O) groups is 1. The van der Waals surface area contributed by atoms with Crippen LogP contribution in [0.5, 0.6) is 0 Å². The highest BCUT2D eigenvalue weighted by molar-refractivity contribution is 7.99. The number of aliphatic hydroxyl groups excluding tert-OH is 1. The maximum Gasteiger partial charge on any atom is 0.407 e. The second-order valence-electron chi connectivity index (χ2n) is 3.58. The third kappa shape index (κ3) is 3.23. The van der Waals surface area contributed by atoms with Gasteiger partial charge in [0.1, 0.15) is 6.61 Å². The summed E-state index contributed by atoms with van der Waals surface area (Å²) in [5, 5.41) is 11.9. The topological polar surface area (TPSA) is 58.6 Å². The molecule has 2 N–H and O–H groups in total. The van der Waals surface area contributed by atoms with E-state index in [0.717, 1.165) is 5.75 Å². The second kappa shape index (κ2) is 4.70. The SMILES string of the molecule is C=CC(O)CSCC1(C)COC(=O)N1. The minimum absolute atomic E-state index is 0.303. The van der Waals surface area contributed by atoms with Crippen molar-refractivity contribution in [1.29, 1.82) is 0 Å². The predicted octanol–water partition coefficient (Wildman–Crippen LogP) is 0.765. The summed E-state index contributed by atoms with van der Waals surface area (Å²) in [6.07, 6.45) is 0.651. The minimum Gasteiger partial charge on any atom is -0.447 e. The summed E-state index contributed by atoms with van der Waals surface area (Å²) in [7, 11) is 0. The van der Waals surface area contributed by atoms with Crippen molar-refractivity contribution >= 4 is 17.9 Å². The van der Waals surface area contributed by atoms with Crippen LogP contribution in [0.2, 0.25) is 0 Å². The van der Waals surface area contributed by atoms with Crippen LogP contribution in [-0.4, -0.2) is 41.0 Å². The average Bonchev–Trinajstić information content (AvgIpc) is 2.46. The summed E-state index contributed by atoms with van der Waals surface area (Å²) in [4.78, 5) is 10.8. The number of nitrogens with one attached hydrogen (secondary N) is 1. The van der Waals surface area contributed by atoms with Gasteiger partial charge in [0.15, 0.2) is 0 Å². The van der Waals surface area contributed by atoms with Gasteiger partial charge in [0, 0.05) is 11.5 Å². The van der Waals surface area contributed by atoms with Crippen LogP contribution in [-0.2, 0) is 4.74 Å². The van der Waals surface area contributed by atoms with Crippen molar-refractivity contribution in [3.8, 4) is 0 Å². The first kappa shape index (κ1) is 11.4. The van der Waals surface area contributed by atoms with Crippen LogP contribution in [0.1, 0.15) is 6.92 Å². The molecule has 0 aromatic rings. The number of rotatable bonds is 5. The molecule has 1 saturated heterocycles. The summed E-state index contributed by atoms with van der Waals surface area (Å²) in [6, 6.07) is 0. The number of cyclic esters (lactones) is 1. The highest BCUT2D eigenvalue weighted by Gasteiger charge is 2.34. The summed E-state index contributed by atoms with van der Waals surface area (Å²) >= 11 is 1.57. The molecule has 2 atom stereocenters. The summed E-state index contributed by atoms with van der Waals surface area (Å²) in [5.74, 6) is 1.32. The van der Waals surface area contributed by atoms with Crippen molar-refractivity contribution in [2.24, 2.45) is 0 Å². The quantitative estimate of drug-likeness (QED) is 0.668. The first-order valence-electron chi connectivity index (χ1n) is 4.39. The minimum atomic E-state index is -0.485. The molecule has 5 heteroatoms. The molecule has 0 spiro atoms. The molecule has 1 aliphatic rings. The van der Waals surface area contributed by atoms with Crippen molar-refractivity contribution in [2.75, 3.05) is 18.1 Å². The lowest BCUT2D eigenvalue weighted by Crippen LogP contribution is -2.42. The zero-order valence-electron chi connectivity index (χ0n) is 8.16. The number of alkyl carbamates (subject to hydrolysis) is 1. The van der Waals surface area contributed by atoms with E-state index in [1.165, 1.54) is 6.08 Å². The van der Waals surface area contributed by atoms with E-state index in [1.807, 2.05) is 6.92 Å². The van der Waals surface area contributed by atoms with E-state index in [2.05, 4.69) is 11.9 Å². The predicted molar refractivity (Wildman–Crippen MR) is 56.4 cm³/mol. The lowest BCUT2D eigenvalue weighted by atomic mass is 10.1. The smallest absolute Gasteiger partial charge is 0.407 e. The van der Waals surface area contributed by atoms with Gasteiger partial charge in [-0.05, 0) is 6.92 Å². The molecular formula is C9H15NO3S. The molecule has 0 aromatic carbocycles. The van der Waals surface area contributed by atoms with Gasteiger partial charge in [0.25, 0.3) is 0 Å². The lowest BCUT2D eigenvalue weighted by molar-refractivity contribution is 0.174. The van der Waals surface area contributed by atoms with E-state index in [1.54, 1.807) is 11.8 Å². The van der Waals surface area contributed by atoms with E-state index >= 15 is 0 Å². The van der Waals surface area contributed by atoms with E-state index in [9.17, 15) is 9.90 Å². The van der Waals surface area contributed by atoms with Gasteiger partial charge in [-0.15, -0.1) is 6.58 Å². The Labute approximate surface area is 87.7 Å². The number of aliphatic hydroxyl groups is 1. The van der Waals surface area contributed by atoms with Crippen molar-refractivity contribution in [3.05, 3.63) is 12.7 Å². The number of hydrogen-bond donors (Lipinski definition) is 2. The van der Waals surface area contributed by atoms with Crippen LogP contribution in [0, 0.1) is 0 Å². The van der Waals surface area contributed by atoms with Gasteiger partial charge in [-0.25, -0.2) is 4.79 Å². The summed E-state index contributed by atoms with van der Waals surface area (Å²) in [6.45, 7) is 5.80. The Kier molecular flexibility index (Phi) is 3.83. The molecule has 1 aliphatic heterocycles. The molecule has 1 amide bonds. The summed E-state index contributed by atoms with van der Waals surface area (Å²) in [5.41, 5.74) is -0.303. The standard InChI is InChI=1S/C9H15NO3S/c1-3-7(11)4-14-6-9(2)5-13-8(12)10-9/h3,7,11H,1,4-6H2,2H3,(H,10,12). The Bertz CT molecular complexity index is 234. The molecule has 0 bridgehead atoms. The molecule has 14 heavy (non-hydrogen) atoms. The van der Waals surface area contributed by atoms with Crippen LogP contribution in [0.4, 0.5) is 4.79 Å². The van der Waals surface area contributed by atoms with Gasteiger partial charge in [0.05, 0.1) is 11.6 Å². The normalized spacial score (nSPS) is 28.0. The molecular weight excluding hydrogens is 202 g/mol. The average molecular weight is 217 g/mol. The molecule has 80 valence electrons. The maximum absolute atomic E-state index is 10.8. The molecule has 0 aliphatic carbocycles. The fraction of sp³-hybridized carbons (Fsp3) is 0.667. The van der Waals surface area contributed by atoms with Gasteiger partial charge in [-0.2, -0.15) is 11.8 Å². The number of hydrogen-bond acceptors (Lipinski definition) is 4. The summed E-state index contributed by atoms with van der Waals surface area (Å²) < 4.78 is 4.81. The third-order valence-corrected chi connectivity index (χ3v) is 3.33. The number of carbonyl (C=O) groups excluding carboxylic acids is 1. The van der Waals surface area contributed by atoms with Crippen LogP contribution in [0.15, 0.2) is 12.7 Å². The first-order valence-corrected chi connectivity index (χ1v) is 5.54. The Hall–Kier alpha value is -0.680. The molecule has 4 nitrogen and oxygen atoms in total. The third-order valence-electron chi connectivity index (χ3n) is 1.91. The van der Waals surface area contributed by atoms with E-state index in [-0.39, 0.29) is 11.6 Å². The highest BCUT2D eigenvalue weighted by atomic mass is 32.2. The fourth-order valence-corrected chi connectivity index (χ4v) is 2.20. The molecule has 0 radical (unpaired) electrons. The molecule has 1 rings (SSSR count). The molecule has 2 unspecified atom stereocenters.